The Morgan fingerprint density at radius 3 is 2.50 bits per heavy atom. The lowest BCUT2D eigenvalue weighted by atomic mass is 10.1. The minimum absolute atomic E-state index is 0.222. The second-order valence-corrected chi connectivity index (χ2v) is 6.19. The molecule has 0 spiro atoms. The van der Waals surface area contributed by atoms with Gasteiger partial charge in [0.25, 0.3) is 11.8 Å². The third-order valence-electron chi connectivity index (χ3n) is 3.39. The molecular weight excluding hydrogens is 400 g/mol. The Bertz CT molecular complexity index is 894. The second kappa shape index (κ2) is 8.30. The molecule has 0 aliphatic rings. The van der Waals surface area contributed by atoms with Crippen LogP contribution in [-0.2, 0) is 4.79 Å². The van der Waals surface area contributed by atoms with E-state index in [-0.39, 0.29) is 12.3 Å². The number of rotatable bonds is 5. The highest BCUT2D eigenvalue weighted by Gasteiger charge is 2.12. The fourth-order valence-electron chi connectivity index (χ4n) is 2.10. The fourth-order valence-corrected chi connectivity index (χ4v) is 2.37. The summed E-state index contributed by atoms with van der Waals surface area (Å²) in [5, 5.41) is 6.73. The van der Waals surface area contributed by atoms with Gasteiger partial charge in [0, 0.05) is 10.0 Å². The van der Waals surface area contributed by atoms with E-state index >= 15 is 0 Å². The average Bonchev–Trinajstić information content (AvgIpc) is 3.17. The van der Waals surface area contributed by atoms with Gasteiger partial charge in [-0.3, -0.25) is 25.5 Å². The summed E-state index contributed by atoms with van der Waals surface area (Å²) in [6.07, 6.45) is 0. The molecule has 1 aromatic heterocycles. The van der Waals surface area contributed by atoms with Gasteiger partial charge in [0.1, 0.15) is 11.4 Å². The molecule has 26 heavy (non-hydrogen) atoms. The first kappa shape index (κ1) is 17.7. The van der Waals surface area contributed by atoms with Crippen molar-refractivity contribution in [3.63, 3.8) is 0 Å². The Kier molecular flexibility index (Phi) is 5.65. The van der Waals surface area contributed by atoms with Gasteiger partial charge >= 0.3 is 0 Å². The molecular formula is C18H15BrN4O3. The Balaban J connectivity index is 1.48. The molecule has 2 aromatic carbocycles. The van der Waals surface area contributed by atoms with Crippen LogP contribution in [0.5, 0.6) is 5.75 Å². The zero-order valence-corrected chi connectivity index (χ0v) is 15.1. The van der Waals surface area contributed by atoms with E-state index in [1.807, 2.05) is 30.3 Å². The molecule has 132 valence electrons. The maximum atomic E-state index is 12.1. The van der Waals surface area contributed by atoms with Crippen molar-refractivity contribution in [1.82, 2.24) is 21.0 Å². The van der Waals surface area contributed by atoms with Crippen molar-refractivity contribution in [2.45, 2.75) is 0 Å². The maximum absolute atomic E-state index is 12.1. The molecule has 7 nitrogen and oxygen atoms in total. The van der Waals surface area contributed by atoms with E-state index in [1.165, 1.54) is 0 Å². The molecule has 2 amide bonds. The summed E-state index contributed by atoms with van der Waals surface area (Å²) in [6.45, 7) is -0.222. The van der Waals surface area contributed by atoms with Gasteiger partial charge in [-0.05, 0) is 30.3 Å². The van der Waals surface area contributed by atoms with E-state index < -0.39 is 11.8 Å². The van der Waals surface area contributed by atoms with E-state index in [1.54, 1.807) is 30.3 Å². The van der Waals surface area contributed by atoms with Gasteiger partial charge in [-0.2, -0.15) is 5.10 Å². The lowest BCUT2D eigenvalue weighted by Gasteiger charge is -2.08. The highest BCUT2D eigenvalue weighted by molar-refractivity contribution is 9.10. The molecule has 8 heteroatoms. The summed E-state index contributed by atoms with van der Waals surface area (Å²) in [5.74, 6) is -0.434. The third kappa shape index (κ3) is 4.70. The number of aromatic nitrogens is 2. The maximum Gasteiger partial charge on any atom is 0.287 e. The van der Waals surface area contributed by atoms with Crippen LogP contribution >= 0.6 is 15.9 Å². The zero-order chi connectivity index (χ0) is 18.4. The van der Waals surface area contributed by atoms with Crippen molar-refractivity contribution < 1.29 is 14.3 Å². The van der Waals surface area contributed by atoms with Crippen molar-refractivity contribution in [3.8, 4) is 17.0 Å². The molecule has 0 aliphatic heterocycles. The molecule has 0 unspecified atom stereocenters. The summed E-state index contributed by atoms with van der Waals surface area (Å²) in [7, 11) is 0. The molecule has 0 aliphatic carbocycles. The standard InChI is InChI=1S/C18H15BrN4O3/c19-13-6-8-14(9-7-13)26-11-17(24)22-23-18(25)16-10-15(20-21-16)12-4-2-1-3-5-12/h1-10H,11H2,(H,20,21)(H,22,24)(H,23,25). The summed E-state index contributed by atoms with van der Waals surface area (Å²) in [5.41, 5.74) is 6.36. The smallest absolute Gasteiger partial charge is 0.287 e. The Morgan fingerprint density at radius 2 is 1.77 bits per heavy atom. The van der Waals surface area contributed by atoms with Crippen molar-refractivity contribution in [1.29, 1.82) is 0 Å². The minimum atomic E-state index is -0.503. The van der Waals surface area contributed by atoms with Crippen molar-refractivity contribution in [3.05, 3.63) is 70.8 Å². The number of benzene rings is 2. The second-order valence-electron chi connectivity index (χ2n) is 5.28. The number of aromatic amines is 1. The van der Waals surface area contributed by atoms with Crippen molar-refractivity contribution in [2.24, 2.45) is 0 Å². The van der Waals surface area contributed by atoms with Crippen LogP contribution in [-0.4, -0.2) is 28.6 Å². The van der Waals surface area contributed by atoms with E-state index in [0.29, 0.717) is 11.4 Å². The SMILES string of the molecule is O=C(COc1ccc(Br)cc1)NNC(=O)c1cc(-c2ccccc2)n[nH]1. The molecule has 3 rings (SSSR count). The molecule has 0 fully saturated rings. The van der Waals surface area contributed by atoms with Crippen LogP contribution in [0.25, 0.3) is 11.3 Å². The number of nitrogens with one attached hydrogen (secondary N) is 3. The lowest BCUT2D eigenvalue weighted by molar-refractivity contribution is -0.123. The Hall–Kier alpha value is -3.13. The van der Waals surface area contributed by atoms with Gasteiger partial charge < -0.3 is 4.74 Å². The number of carbonyl (C=O) groups excluding carboxylic acids is 2. The predicted molar refractivity (Wildman–Crippen MR) is 99.3 cm³/mol. The Labute approximate surface area is 157 Å². The highest BCUT2D eigenvalue weighted by atomic mass is 79.9. The van der Waals surface area contributed by atoms with Crippen LogP contribution < -0.4 is 15.6 Å². The number of hydrazine groups is 1. The van der Waals surface area contributed by atoms with Gasteiger partial charge in [-0.15, -0.1) is 0 Å². The quantitative estimate of drug-likeness (QED) is 0.559. The number of halogens is 1. The molecule has 0 bridgehead atoms. The van der Waals surface area contributed by atoms with Crippen molar-refractivity contribution >= 4 is 27.7 Å². The van der Waals surface area contributed by atoms with Crippen LogP contribution in [0.2, 0.25) is 0 Å². The number of ether oxygens (including phenoxy) is 1. The molecule has 0 atom stereocenters. The summed E-state index contributed by atoms with van der Waals surface area (Å²) >= 11 is 3.31. The largest absolute Gasteiger partial charge is 0.484 e. The highest BCUT2D eigenvalue weighted by Crippen LogP contribution is 2.17. The number of H-pyrrole nitrogens is 1. The predicted octanol–water partition coefficient (Wildman–Crippen LogP) is 2.68. The number of hydrogen-bond acceptors (Lipinski definition) is 4. The fraction of sp³-hybridized carbons (Fsp3) is 0.0556. The van der Waals surface area contributed by atoms with Crippen LogP contribution in [0, 0.1) is 0 Å². The van der Waals surface area contributed by atoms with Crippen molar-refractivity contribution in [2.75, 3.05) is 6.61 Å². The van der Waals surface area contributed by atoms with E-state index in [9.17, 15) is 9.59 Å². The molecule has 0 saturated heterocycles. The monoisotopic (exact) mass is 414 g/mol. The summed E-state index contributed by atoms with van der Waals surface area (Å²) in [4.78, 5) is 23.8. The molecule has 0 saturated carbocycles. The van der Waals surface area contributed by atoms with E-state index in [4.69, 9.17) is 4.74 Å². The lowest BCUT2D eigenvalue weighted by Crippen LogP contribution is -2.44. The van der Waals surface area contributed by atoms with E-state index in [0.717, 1.165) is 10.0 Å². The number of nitrogens with zero attached hydrogens (tertiary/aromatic N) is 1. The van der Waals surface area contributed by atoms with Crippen LogP contribution in [0.15, 0.2) is 65.1 Å². The molecule has 0 radical (unpaired) electrons. The van der Waals surface area contributed by atoms with Crippen LogP contribution in [0.3, 0.4) is 0 Å². The summed E-state index contributed by atoms with van der Waals surface area (Å²) < 4.78 is 6.23. The zero-order valence-electron chi connectivity index (χ0n) is 13.5. The number of amides is 2. The van der Waals surface area contributed by atoms with Gasteiger partial charge in [-0.1, -0.05) is 46.3 Å². The topological polar surface area (TPSA) is 96.1 Å². The molecule has 1 heterocycles. The first-order valence-corrected chi connectivity index (χ1v) is 8.49. The summed E-state index contributed by atoms with van der Waals surface area (Å²) in [6, 6.07) is 18.1. The molecule has 3 aromatic rings. The number of hydrogen-bond donors (Lipinski definition) is 3. The first-order chi connectivity index (χ1) is 12.6. The number of carbonyl (C=O) groups is 2. The normalized spacial score (nSPS) is 10.2. The van der Waals surface area contributed by atoms with Gasteiger partial charge in [0.2, 0.25) is 0 Å². The van der Waals surface area contributed by atoms with Crippen LogP contribution in [0.1, 0.15) is 10.5 Å². The average molecular weight is 415 g/mol. The first-order valence-electron chi connectivity index (χ1n) is 7.70. The van der Waals surface area contributed by atoms with Gasteiger partial charge in [0.05, 0.1) is 5.69 Å². The van der Waals surface area contributed by atoms with Gasteiger partial charge in [0.15, 0.2) is 6.61 Å². The van der Waals surface area contributed by atoms with Gasteiger partial charge in [-0.25, -0.2) is 0 Å². The third-order valence-corrected chi connectivity index (χ3v) is 3.92. The Morgan fingerprint density at radius 1 is 1.04 bits per heavy atom. The van der Waals surface area contributed by atoms with E-state index in [2.05, 4.69) is 37.0 Å². The molecule has 3 N–H and O–H groups in total. The van der Waals surface area contributed by atoms with Crippen LogP contribution in [0.4, 0.5) is 0 Å². The minimum Gasteiger partial charge on any atom is -0.484 e.